The maximum absolute atomic E-state index is 12.9. The smallest absolute Gasteiger partial charge is 0.251 e. The number of morpholine rings is 1. The normalized spacial score (nSPS) is 16.6. The molecule has 1 amide bonds. The minimum Gasteiger partial charge on any atom is -0.469 e. The van der Waals surface area contributed by atoms with Crippen molar-refractivity contribution in [2.75, 3.05) is 26.3 Å². The Morgan fingerprint density at radius 1 is 1.25 bits per heavy atom. The second-order valence-corrected chi connectivity index (χ2v) is 8.92. The third-order valence-electron chi connectivity index (χ3n) is 4.84. The number of benzene rings is 1. The fourth-order valence-corrected chi connectivity index (χ4v) is 4.56. The molecule has 1 aromatic heterocycles. The highest BCUT2D eigenvalue weighted by Gasteiger charge is 2.27. The van der Waals surface area contributed by atoms with Crippen molar-refractivity contribution in [2.45, 2.75) is 37.6 Å². The summed E-state index contributed by atoms with van der Waals surface area (Å²) in [5, 5.41) is 2.95. The predicted octanol–water partition coefficient (Wildman–Crippen LogP) is 2.36. The van der Waals surface area contributed by atoms with Gasteiger partial charge in [0.1, 0.15) is 5.76 Å². The summed E-state index contributed by atoms with van der Waals surface area (Å²) in [7, 11) is -3.64. The molecule has 1 N–H and O–H groups in total. The first-order chi connectivity index (χ1) is 13.4. The lowest BCUT2D eigenvalue weighted by atomic mass is 10.1. The average Bonchev–Trinajstić information content (AvgIpc) is 3.21. The summed E-state index contributed by atoms with van der Waals surface area (Å²) in [6.45, 7) is 5.12. The molecule has 0 spiro atoms. The van der Waals surface area contributed by atoms with Crippen LogP contribution in [0, 0.1) is 6.92 Å². The number of carbonyl (C=O) groups excluding carboxylic acids is 1. The molecule has 2 aromatic rings. The largest absolute Gasteiger partial charge is 0.469 e. The molecule has 1 aliphatic heterocycles. The maximum Gasteiger partial charge on any atom is 0.251 e. The van der Waals surface area contributed by atoms with E-state index < -0.39 is 10.0 Å². The number of hydrogen-bond donors (Lipinski definition) is 1. The number of nitrogens with one attached hydrogen (secondary N) is 1. The lowest BCUT2D eigenvalue weighted by molar-refractivity contribution is 0.0730. The summed E-state index contributed by atoms with van der Waals surface area (Å²) < 4.78 is 37.7. The van der Waals surface area contributed by atoms with E-state index >= 15 is 0 Å². The van der Waals surface area contributed by atoms with Crippen LogP contribution in [-0.4, -0.2) is 51.0 Å². The van der Waals surface area contributed by atoms with Crippen LogP contribution >= 0.6 is 0 Å². The van der Waals surface area contributed by atoms with Crippen LogP contribution in [0.25, 0.3) is 0 Å². The number of carbonyl (C=O) groups is 1. The van der Waals surface area contributed by atoms with Crippen LogP contribution in [0.3, 0.4) is 0 Å². The molecule has 28 heavy (non-hydrogen) atoms. The fourth-order valence-electron chi connectivity index (χ4n) is 3.13. The van der Waals surface area contributed by atoms with Crippen molar-refractivity contribution in [2.24, 2.45) is 0 Å². The van der Waals surface area contributed by atoms with Crippen LogP contribution in [0.4, 0.5) is 0 Å². The summed E-state index contributed by atoms with van der Waals surface area (Å²) in [5.74, 6) is 0.597. The van der Waals surface area contributed by atoms with Gasteiger partial charge >= 0.3 is 0 Å². The molecule has 0 radical (unpaired) electrons. The van der Waals surface area contributed by atoms with Crippen molar-refractivity contribution in [3.8, 4) is 0 Å². The molecule has 0 unspecified atom stereocenters. The Morgan fingerprint density at radius 3 is 2.68 bits per heavy atom. The monoisotopic (exact) mass is 406 g/mol. The van der Waals surface area contributed by atoms with Gasteiger partial charge in [-0.3, -0.25) is 4.79 Å². The van der Waals surface area contributed by atoms with Crippen LogP contribution in [-0.2, 0) is 21.2 Å². The van der Waals surface area contributed by atoms with E-state index in [0.717, 1.165) is 24.2 Å². The van der Waals surface area contributed by atoms with Gasteiger partial charge in [0.05, 0.1) is 24.4 Å². The van der Waals surface area contributed by atoms with Gasteiger partial charge in [0.2, 0.25) is 10.0 Å². The van der Waals surface area contributed by atoms with E-state index in [9.17, 15) is 13.2 Å². The molecule has 2 heterocycles. The molecule has 1 aliphatic rings. The first-order valence-corrected chi connectivity index (χ1v) is 10.8. The molecule has 1 fully saturated rings. The highest BCUT2D eigenvalue weighted by atomic mass is 32.2. The predicted molar refractivity (Wildman–Crippen MR) is 105 cm³/mol. The third-order valence-corrected chi connectivity index (χ3v) is 6.74. The third kappa shape index (κ3) is 4.81. The maximum atomic E-state index is 12.9. The van der Waals surface area contributed by atoms with Gasteiger partial charge in [0, 0.05) is 31.1 Å². The molecule has 152 valence electrons. The first-order valence-electron chi connectivity index (χ1n) is 9.39. The van der Waals surface area contributed by atoms with E-state index in [0.29, 0.717) is 31.9 Å². The topological polar surface area (TPSA) is 88.8 Å². The number of furan rings is 1. The van der Waals surface area contributed by atoms with E-state index in [4.69, 9.17) is 9.15 Å². The summed E-state index contributed by atoms with van der Waals surface area (Å²) in [4.78, 5) is 12.9. The van der Waals surface area contributed by atoms with Crippen molar-refractivity contribution >= 4 is 15.9 Å². The second kappa shape index (κ2) is 8.89. The van der Waals surface area contributed by atoms with E-state index in [-0.39, 0.29) is 16.8 Å². The van der Waals surface area contributed by atoms with Crippen molar-refractivity contribution in [3.63, 3.8) is 0 Å². The summed E-state index contributed by atoms with van der Waals surface area (Å²) in [6, 6.07) is 8.36. The molecule has 1 atom stereocenters. The van der Waals surface area contributed by atoms with Crippen LogP contribution in [0.5, 0.6) is 0 Å². The van der Waals surface area contributed by atoms with Crippen molar-refractivity contribution < 1.29 is 22.4 Å². The van der Waals surface area contributed by atoms with Crippen LogP contribution < -0.4 is 5.32 Å². The fraction of sp³-hybridized carbons (Fsp3) is 0.450. The summed E-state index contributed by atoms with van der Waals surface area (Å²) >= 11 is 0. The molecule has 0 bridgehead atoms. The molecular weight excluding hydrogens is 380 g/mol. The molecular formula is C20H26N2O5S. The zero-order valence-corrected chi connectivity index (χ0v) is 17.0. The van der Waals surface area contributed by atoms with Gasteiger partial charge in [0.15, 0.2) is 0 Å². The van der Waals surface area contributed by atoms with Crippen LogP contribution in [0.15, 0.2) is 45.9 Å². The van der Waals surface area contributed by atoms with E-state index in [1.54, 1.807) is 25.3 Å². The van der Waals surface area contributed by atoms with E-state index in [2.05, 4.69) is 5.32 Å². The van der Waals surface area contributed by atoms with Gasteiger partial charge in [-0.2, -0.15) is 4.31 Å². The lowest BCUT2D eigenvalue weighted by Crippen LogP contribution is -2.40. The number of amides is 1. The number of nitrogens with zero attached hydrogens (tertiary/aromatic N) is 1. The van der Waals surface area contributed by atoms with E-state index in [1.165, 1.54) is 10.4 Å². The zero-order chi connectivity index (χ0) is 20.1. The van der Waals surface area contributed by atoms with Crippen molar-refractivity contribution in [3.05, 3.63) is 53.5 Å². The Kier molecular flexibility index (Phi) is 6.53. The van der Waals surface area contributed by atoms with Gasteiger partial charge in [-0.15, -0.1) is 0 Å². The minimum atomic E-state index is -3.64. The summed E-state index contributed by atoms with van der Waals surface area (Å²) in [6.07, 6.45) is 3.07. The molecule has 0 saturated carbocycles. The Balaban J connectivity index is 1.70. The highest BCUT2D eigenvalue weighted by Crippen LogP contribution is 2.21. The van der Waals surface area contributed by atoms with Crippen molar-refractivity contribution in [1.29, 1.82) is 0 Å². The lowest BCUT2D eigenvalue weighted by Gasteiger charge is -2.26. The average molecular weight is 407 g/mol. The Morgan fingerprint density at radius 2 is 2.00 bits per heavy atom. The Bertz CT molecular complexity index is 903. The number of aryl methyl sites for hydroxylation is 2. The zero-order valence-electron chi connectivity index (χ0n) is 16.2. The van der Waals surface area contributed by atoms with Crippen molar-refractivity contribution in [1.82, 2.24) is 9.62 Å². The van der Waals surface area contributed by atoms with Gasteiger partial charge < -0.3 is 14.5 Å². The van der Waals surface area contributed by atoms with Crippen LogP contribution in [0.1, 0.15) is 35.0 Å². The molecule has 1 saturated heterocycles. The van der Waals surface area contributed by atoms with Crippen LogP contribution in [0.2, 0.25) is 0 Å². The molecule has 0 aliphatic carbocycles. The Hall–Kier alpha value is -2.16. The number of ether oxygens (including phenoxy) is 1. The Labute approximate surface area is 165 Å². The van der Waals surface area contributed by atoms with E-state index in [1.807, 2.05) is 19.1 Å². The first kappa shape index (κ1) is 20.6. The second-order valence-electron chi connectivity index (χ2n) is 6.99. The summed E-state index contributed by atoms with van der Waals surface area (Å²) in [5.41, 5.74) is 1.11. The molecule has 8 heteroatoms. The molecule has 1 aromatic carbocycles. The van der Waals surface area contributed by atoms with Gasteiger partial charge in [-0.25, -0.2) is 8.42 Å². The molecule has 3 rings (SSSR count). The van der Waals surface area contributed by atoms with Gasteiger partial charge in [0.25, 0.3) is 5.91 Å². The molecule has 7 nitrogen and oxygen atoms in total. The standard InChI is InChI=1S/C20H26N2O5S/c1-15-5-8-18(28(24,25)22-9-12-26-13-10-22)14-19(15)20(23)21-16(2)6-7-17-4-3-11-27-17/h3-5,8,11,14,16H,6-7,9-10,12-13H2,1-2H3,(H,21,23)/t16-/m1/s1. The SMILES string of the molecule is Cc1ccc(S(=O)(=O)N2CCOCC2)cc1C(=O)N[C@H](C)CCc1ccco1. The highest BCUT2D eigenvalue weighted by molar-refractivity contribution is 7.89. The number of sulfonamides is 1. The number of rotatable bonds is 7. The number of hydrogen-bond acceptors (Lipinski definition) is 5. The minimum absolute atomic E-state index is 0.0727. The quantitative estimate of drug-likeness (QED) is 0.763. The van der Waals surface area contributed by atoms with Gasteiger partial charge in [-0.1, -0.05) is 6.07 Å². The van der Waals surface area contributed by atoms with Gasteiger partial charge in [-0.05, 0) is 50.1 Å².